The summed E-state index contributed by atoms with van der Waals surface area (Å²) < 4.78 is 0. The SMILES string of the molecule is CCC(=O)O.CCCCN1CCC(O)(Cc2ccccn2)CC1.Cl.Cl. The van der Waals surface area contributed by atoms with Crippen molar-refractivity contribution >= 4 is 30.8 Å². The summed E-state index contributed by atoms with van der Waals surface area (Å²) in [6.07, 6.45) is 6.96. The van der Waals surface area contributed by atoms with Crippen LogP contribution in [0.2, 0.25) is 0 Å². The lowest BCUT2D eigenvalue weighted by atomic mass is 9.87. The molecule has 0 unspecified atom stereocenters. The minimum atomic E-state index is -0.745. The Morgan fingerprint density at radius 1 is 1.24 bits per heavy atom. The van der Waals surface area contributed by atoms with Gasteiger partial charge in [0.2, 0.25) is 0 Å². The molecule has 1 saturated heterocycles. The molecule has 0 atom stereocenters. The molecular formula is C18H32Cl2N2O3. The van der Waals surface area contributed by atoms with Gasteiger partial charge >= 0.3 is 5.97 Å². The van der Waals surface area contributed by atoms with Crippen LogP contribution >= 0.6 is 24.8 Å². The molecule has 0 saturated carbocycles. The number of pyridine rings is 1. The number of aromatic nitrogens is 1. The number of piperidine rings is 1. The standard InChI is InChI=1S/C15H24N2O.C3H6O2.2ClH/c1-2-3-10-17-11-7-15(18,8-12-17)13-14-6-4-5-9-16-14;1-2-3(4)5;;/h4-6,9,18H,2-3,7-8,10-13H2,1H3;2H2,1H3,(H,4,5);2*1H. The van der Waals surface area contributed by atoms with Crippen molar-refractivity contribution < 1.29 is 15.0 Å². The van der Waals surface area contributed by atoms with Gasteiger partial charge in [0, 0.05) is 37.8 Å². The number of aliphatic carboxylic acids is 1. The minimum Gasteiger partial charge on any atom is -0.481 e. The Morgan fingerprint density at radius 2 is 1.84 bits per heavy atom. The molecule has 0 amide bonds. The lowest BCUT2D eigenvalue weighted by molar-refractivity contribution is -0.136. The van der Waals surface area contributed by atoms with E-state index in [1.54, 1.807) is 13.1 Å². The lowest BCUT2D eigenvalue weighted by Gasteiger charge is -2.38. The van der Waals surface area contributed by atoms with Crippen molar-refractivity contribution in [1.29, 1.82) is 0 Å². The molecule has 0 radical (unpaired) electrons. The van der Waals surface area contributed by atoms with Crippen molar-refractivity contribution in [2.45, 2.75) is 58.0 Å². The second-order valence-electron chi connectivity index (χ2n) is 6.16. The van der Waals surface area contributed by atoms with Crippen LogP contribution in [0.1, 0.15) is 51.6 Å². The number of carboxylic acids is 1. The number of likely N-dealkylation sites (tertiary alicyclic amines) is 1. The number of rotatable bonds is 6. The van der Waals surface area contributed by atoms with E-state index in [0.29, 0.717) is 6.42 Å². The fraction of sp³-hybridized carbons (Fsp3) is 0.667. The van der Waals surface area contributed by atoms with E-state index >= 15 is 0 Å². The van der Waals surface area contributed by atoms with Gasteiger partial charge in [0.15, 0.2) is 0 Å². The smallest absolute Gasteiger partial charge is 0.303 e. The van der Waals surface area contributed by atoms with Gasteiger partial charge in [0.05, 0.1) is 5.60 Å². The molecule has 0 spiro atoms. The largest absolute Gasteiger partial charge is 0.481 e. The number of carbonyl (C=O) groups is 1. The zero-order valence-electron chi connectivity index (χ0n) is 15.2. The van der Waals surface area contributed by atoms with E-state index in [1.807, 2.05) is 18.2 Å². The molecule has 5 nitrogen and oxygen atoms in total. The van der Waals surface area contributed by atoms with Gasteiger partial charge < -0.3 is 15.1 Å². The van der Waals surface area contributed by atoms with Gasteiger partial charge in [-0.1, -0.05) is 26.3 Å². The molecule has 25 heavy (non-hydrogen) atoms. The molecule has 2 N–H and O–H groups in total. The third kappa shape index (κ3) is 11.4. The lowest BCUT2D eigenvalue weighted by Crippen LogP contribution is -2.46. The summed E-state index contributed by atoms with van der Waals surface area (Å²) in [4.78, 5) is 16.1. The van der Waals surface area contributed by atoms with Gasteiger partial charge in [0.1, 0.15) is 0 Å². The van der Waals surface area contributed by atoms with E-state index in [1.165, 1.54) is 19.4 Å². The first-order valence-electron chi connectivity index (χ1n) is 8.55. The monoisotopic (exact) mass is 394 g/mol. The molecule has 1 aromatic heterocycles. The molecule has 0 aliphatic carbocycles. The van der Waals surface area contributed by atoms with Gasteiger partial charge in [-0.25, -0.2) is 0 Å². The average molecular weight is 395 g/mol. The first-order chi connectivity index (χ1) is 11.0. The number of halogens is 2. The quantitative estimate of drug-likeness (QED) is 0.770. The Hall–Kier alpha value is -0.880. The molecule has 1 fully saturated rings. The second-order valence-corrected chi connectivity index (χ2v) is 6.16. The number of hydrogen-bond acceptors (Lipinski definition) is 4. The van der Waals surface area contributed by atoms with E-state index in [0.717, 1.165) is 31.6 Å². The second kappa shape index (κ2) is 14.3. The zero-order chi connectivity index (χ0) is 17.1. The maximum absolute atomic E-state index is 10.6. The molecule has 1 aliphatic rings. The van der Waals surface area contributed by atoms with Gasteiger partial charge in [-0.3, -0.25) is 9.78 Å². The van der Waals surface area contributed by atoms with Crippen molar-refractivity contribution in [3.8, 4) is 0 Å². The average Bonchev–Trinajstić information content (AvgIpc) is 2.55. The molecule has 2 heterocycles. The summed E-state index contributed by atoms with van der Waals surface area (Å²) in [6.45, 7) is 7.03. The highest BCUT2D eigenvalue weighted by Gasteiger charge is 2.32. The summed E-state index contributed by atoms with van der Waals surface area (Å²) in [6, 6.07) is 5.91. The summed E-state index contributed by atoms with van der Waals surface area (Å²) >= 11 is 0. The number of nitrogens with zero attached hydrogens (tertiary/aromatic N) is 2. The first-order valence-corrected chi connectivity index (χ1v) is 8.55. The number of carboxylic acid groups (broad SMARTS) is 1. The van der Waals surface area contributed by atoms with Crippen molar-refractivity contribution in [3.05, 3.63) is 30.1 Å². The molecule has 1 aliphatic heterocycles. The van der Waals surface area contributed by atoms with Crippen LogP contribution in [0.15, 0.2) is 24.4 Å². The normalized spacial score (nSPS) is 15.8. The predicted octanol–water partition coefficient (Wildman–Crippen LogP) is 3.58. The van der Waals surface area contributed by atoms with Crippen molar-refractivity contribution in [2.24, 2.45) is 0 Å². The Balaban J connectivity index is 0. The van der Waals surface area contributed by atoms with E-state index in [4.69, 9.17) is 5.11 Å². The van der Waals surface area contributed by atoms with Crippen molar-refractivity contribution in [3.63, 3.8) is 0 Å². The van der Waals surface area contributed by atoms with Crippen LogP contribution in [0.5, 0.6) is 0 Å². The van der Waals surface area contributed by atoms with Crippen LogP contribution in [0, 0.1) is 0 Å². The van der Waals surface area contributed by atoms with Crippen molar-refractivity contribution in [2.75, 3.05) is 19.6 Å². The van der Waals surface area contributed by atoms with Gasteiger partial charge in [-0.2, -0.15) is 0 Å². The van der Waals surface area contributed by atoms with Crippen LogP contribution in [0.4, 0.5) is 0 Å². The Labute approximate surface area is 163 Å². The van der Waals surface area contributed by atoms with Crippen molar-refractivity contribution in [1.82, 2.24) is 9.88 Å². The maximum atomic E-state index is 10.6. The molecule has 146 valence electrons. The highest BCUT2D eigenvalue weighted by molar-refractivity contribution is 5.85. The van der Waals surface area contributed by atoms with Crippen LogP contribution < -0.4 is 0 Å². The van der Waals surface area contributed by atoms with Crippen LogP contribution in [0.3, 0.4) is 0 Å². The van der Waals surface area contributed by atoms with Crippen LogP contribution in [-0.4, -0.2) is 51.3 Å². The third-order valence-corrected chi connectivity index (χ3v) is 4.15. The molecule has 7 heteroatoms. The van der Waals surface area contributed by atoms with Crippen LogP contribution in [-0.2, 0) is 11.2 Å². The molecular weight excluding hydrogens is 363 g/mol. The van der Waals surface area contributed by atoms with Gasteiger partial charge in [-0.05, 0) is 37.9 Å². The predicted molar refractivity (Wildman–Crippen MR) is 106 cm³/mol. The highest BCUT2D eigenvalue weighted by atomic mass is 35.5. The molecule has 2 rings (SSSR count). The van der Waals surface area contributed by atoms with E-state index in [2.05, 4.69) is 16.8 Å². The van der Waals surface area contributed by atoms with Gasteiger partial charge in [-0.15, -0.1) is 24.8 Å². The Morgan fingerprint density at radius 3 is 2.28 bits per heavy atom. The van der Waals surface area contributed by atoms with Gasteiger partial charge in [0.25, 0.3) is 0 Å². The Bertz CT molecular complexity index is 453. The van der Waals surface area contributed by atoms with E-state index < -0.39 is 11.6 Å². The first kappa shape index (κ1) is 26.4. The molecule has 0 bridgehead atoms. The number of unbranched alkanes of at least 4 members (excludes halogenated alkanes) is 1. The molecule has 1 aromatic rings. The van der Waals surface area contributed by atoms with E-state index in [-0.39, 0.29) is 31.2 Å². The third-order valence-electron chi connectivity index (χ3n) is 4.15. The van der Waals surface area contributed by atoms with Crippen LogP contribution in [0.25, 0.3) is 0 Å². The number of aliphatic hydroxyl groups is 1. The van der Waals surface area contributed by atoms with E-state index in [9.17, 15) is 9.90 Å². The summed E-state index contributed by atoms with van der Waals surface area (Å²) in [5.74, 6) is -0.745. The molecule has 0 aromatic carbocycles. The zero-order valence-corrected chi connectivity index (χ0v) is 16.8. The fourth-order valence-corrected chi connectivity index (χ4v) is 2.59. The highest BCUT2D eigenvalue weighted by Crippen LogP contribution is 2.25. The number of hydrogen-bond donors (Lipinski definition) is 2. The fourth-order valence-electron chi connectivity index (χ4n) is 2.59. The Kier molecular flexibility index (Phi) is 15.1. The maximum Gasteiger partial charge on any atom is 0.303 e. The summed E-state index contributed by atoms with van der Waals surface area (Å²) in [5, 5.41) is 18.3. The topological polar surface area (TPSA) is 73.7 Å². The summed E-state index contributed by atoms with van der Waals surface area (Å²) in [5.41, 5.74) is 0.457. The summed E-state index contributed by atoms with van der Waals surface area (Å²) in [7, 11) is 0. The minimum absolute atomic E-state index is 0.